The molecule has 3 unspecified atom stereocenters. The molecular weight excluding hydrogens is 489 g/mol. The van der Waals surface area contributed by atoms with Crippen LogP contribution in [0.25, 0.3) is 0 Å². The van der Waals surface area contributed by atoms with Gasteiger partial charge in [-0.3, -0.25) is 9.20 Å². The van der Waals surface area contributed by atoms with Crippen molar-refractivity contribution in [2.24, 2.45) is 4.99 Å². The zero-order valence-corrected chi connectivity index (χ0v) is 20.3. The summed E-state index contributed by atoms with van der Waals surface area (Å²) in [5.41, 5.74) is 1.13. The lowest BCUT2D eigenvalue weighted by atomic mass is 9.95. The Hall–Kier alpha value is -0.870. The monoisotopic (exact) mass is 523 g/mol. The Balaban J connectivity index is 0.00000392. The van der Waals surface area contributed by atoms with Crippen molar-refractivity contribution in [1.82, 2.24) is 10.6 Å². The van der Waals surface area contributed by atoms with Crippen LogP contribution in [-0.4, -0.2) is 54.6 Å². The van der Waals surface area contributed by atoms with Gasteiger partial charge in [0.1, 0.15) is 12.4 Å². The number of halogens is 1. The van der Waals surface area contributed by atoms with Crippen LogP contribution in [0.3, 0.4) is 0 Å². The summed E-state index contributed by atoms with van der Waals surface area (Å²) in [5.74, 6) is 2.37. The first-order chi connectivity index (χ1) is 13.2. The Kier molecular flexibility index (Phi) is 12.7. The summed E-state index contributed by atoms with van der Waals surface area (Å²) in [6.45, 7) is 3.78. The molecule has 0 spiro atoms. The van der Waals surface area contributed by atoms with E-state index in [0.717, 1.165) is 48.7 Å². The van der Waals surface area contributed by atoms with Gasteiger partial charge in [0.15, 0.2) is 5.96 Å². The minimum absolute atomic E-state index is 0. The van der Waals surface area contributed by atoms with Crippen LogP contribution >= 0.6 is 24.0 Å². The Morgan fingerprint density at radius 1 is 1.32 bits per heavy atom. The van der Waals surface area contributed by atoms with Crippen LogP contribution in [0, 0.1) is 0 Å². The van der Waals surface area contributed by atoms with Crippen molar-refractivity contribution >= 4 is 40.7 Å². The van der Waals surface area contributed by atoms with Crippen LogP contribution in [-0.2, 0) is 22.1 Å². The summed E-state index contributed by atoms with van der Waals surface area (Å²) >= 11 is 0. The van der Waals surface area contributed by atoms with Crippen molar-refractivity contribution in [3.8, 4) is 5.75 Å². The fourth-order valence-corrected chi connectivity index (χ4v) is 4.66. The lowest BCUT2D eigenvalue weighted by Gasteiger charge is -2.30. The molecule has 0 bridgehead atoms. The molecule has 1 aliphatic rings. The third-order valence-corrected chi connectivity index (χ3v) is 6.50. The van der Waals surface area contributed by atoms with E-state index in [2.05, 4.69) is 21.7 Å². The Morgan fingerprint density at radius 2 is 2.14 bits per heavy atom. The van der Waals surface area contributed by atoms with Crippen molar-refractivity contribution in [2.45, 2.75) is 50.4 Å². The number of hydrogen-bond donors (Lipinski definition) is 2. The Morgan fingerprint density at radius 3 is 2.86 bits per heavy atom. The van der Waals surface area contributed by atoms with Crippen LogP contribution in [0.2, 0.25) is 0 Å². The van der Waals surface area contributed by atoms with Gasteiger partial charge in [0.25, 0.3) is 0 Å². The smallest absolute Gasteiger partial charge is 0.191 e. The molecule has 1 aromatic rings. The summed E-state index contributed by atoms with van der Waals surface area (Å²) in [5, 5.41) is 7.17. The molecule has 6 nitrogen and oxygen atoms in total. The SMILES string of the molecule is CCS(=O)C1CCCC(NC(=NC)NCc2cccc(OCCOC)c2)C1.I. The predicted octanol–water partition coefficient (Wildman–Crippen LogP) is 3.07. The van der Waals surface area contributed by atoms with Gasteiger partial charge in [-0.25, -0.2) is 0 Å². The maximum atomic E-state index is 12.1. The third-order valence-electron chi connectivity index (χ3n) is 4.76. The van der Waals surface area contributed by atoms with E-state index < -0.39 is 10.8 Å². The molecule has 1 saturated carbocycles. The molecule has 0 radical (unpaired) electrons. The van der Waals surface area contributed by atoms with Crippen molar-refractivity contribution in [3.05, 3.63) is 29.8 Å². The van der Waals surface area contributed by atoms with E-state index in [-0.39, 0.29) is 24.0 Å². The number of ether oxygens (including phenoxy) is 2. The second kappa shape index (κ2) is 14.2. The quantitative estimate of drug-likeness (QED) is 0.225. The van der Waals surface area contributed by atoms with Gasteiger partial charge in [-0.2, -0.15) is 0 Å². The first-order valence-electron chi connectivity index (χ1n) is 9.71. The fourth-order valence-electron chi connectivity index (χ4n) is 3.31. The lowest BCUT2D eigenvalue weighted by Crippen LogP contribution is -2.46. The highest BCUT2D eigenvalue weighted by Crippen LogP contribution is 2.23. The topological polar surface area (TPSA) is 72.0 Å². The predicted molar refractivity (Wildman–Crippen MR) is 127 cm³/mol. The molecule has 2 rings (SSSR count). The maximum absolute atomic E-state index is 12.1. The summed E-state index contributed by atoms with van der Waals surface area (Å²) in [6.07, 6.45) is 4.23. The highest BCUT2D eigenvalue weighted by Gasteiger charge is 2.25. The van der Waals surface area contributed by atoms with E-state index >= 15 is 0 Å². The van der Waals surface area contributed by atoms with Gasteiger partial charge in [-0.1, -0.05) is 25.5 Å². The highest BCUT2D eigenvalue weighted by atomic mass is 127. The second-order valence-electron chi connectivity index (χ2n) is 6.71. The number of benzene rings is 1. The normalized spacial score (nSPS) is 20.8. The van der Waals surface area contributed by atoms with Gasteiger partial charge in [-0.05, 0) is 37.0 Å². The maximum Gasteiger partial charge on any atom is 0.191 e. The molecule has 0 saturated heterocycles. The summed E-state index contributed by atoms with van der Waals surface area (Å²) in [6, 6.07) is 8.35. The van der Waals surface area contributed by atoms with Gasteiger partial charge in [0, 0.05) is 48.5 Å². The molecule has 8 heteroatoms. The van der Waals surface area contributed by atoms with Crippen molar-refractivity contribution in [3.63, 3.8) is 0 Å². The van der Waals surface area contributed by atoms with Gasteiger partial charge in [-0.15, -0.1) is 24.0 Å². The number of nitrogens with zero attached hydrogens (tertiary/aromatic N) is 1. The van der Waals surface area contributed by atoms with Crippen LogP contribution < -0.4 is 15.4 Å². The highest BCUT2D eigenvalue weighted by molar-refractivity contribution is 14.0. The van der Waals surface area contributed by atoms with Gasteiger partial charge < -0.3 is 20.1 Å². The van der Waals surface area contributed by atoms with E-state index in [1.165, 1.54) is 0 Å². The molecule has 28 heavy (non-hydrogen) atoms. The van der Waals surface area contributed by atoms with Gasteiger partial charge in [0.05, 0.1) is 6.61 Å². The van der Waals surface area contributed by atoms with E-state index in [0.29, 0.717) is 31.1 Å². The lowest BCUT2D eigenvalue weighted by molar-refractivity contribution is 0.146. The number of methoxy groups -OCH3 is 1. The van der Waals surface area contributed by atoms with Crippen LogP contribution in [0.4, 0.5) is 0 Å². The molecule has 1 fully saturated rings. The van der Waals surface area contributed by atoms with E-state index in [9.17, 15) is 4.21 Å². The molecular formula is C20H34IN3O3S. The van der Waals surface area contributed by atoms with Crippen molar-refractivity contribution in [2.75, 3.05) is 33.1 Å². The minimum atomic E-state index is -0.714. The van der Waals surface area contributed by atoms with Crippen molar-refractivity contribution < 1.29 is 13.7 Å². The van der Waals surface area contributed by atoms with E-state index in [1.54, 1.807) is 14.2 Å². The first kappa shape index (κ1) is 25.2. The minimum Gasteiger partial charge on any atom is -0.491 e. The van der Waals surface area contributed by atoms with E-state index in [4.69, 9.17) is 9.47 Å². The largest absolute Gasteiger partial charge is 0.491 e. The number of guanidine groups is 1. The van der Waals surface area contributed by atoms with Crippen LogP contribution in [0.15, 0.2) is 29.3 Å². The van der Waals surface area contributed by atoms with Crippen LogP contribution in [0.5, 0.6) is 5.75 Å². The molecule has 0 amide bonds. The molecule has 0 aliphatic heterocycles. The number of nitrogens with one attached hydrogen (secondary N) is 2. The number of rotatable bonds is 9. The summed E-state index contributed by atoms with van der Waals surface area (Å²) in [7, 11) is 2.73. The second-order valence-corrected chi connectivity index (χ2v) is 8.72. The van der Waals surface area contributed by atoms with Gasteiger partial charge >= 0.3 is 0 Å². The van der Waals surface area contributed by atoms with Gasteiger partial charge in [0.2, 0.25) is 0 Å². The molecule has 1 aromatic carbocycles. The molecule has 160 valence electrons. The summed E-state index contributed by atoms with van der Waals surface area (Å²) in [4.78, 5) is 4.34. The Bertz CT molecular complexity index is 630. The average Bonchev–Trinajstić information content (AvgIpc) is 2.71. The third kappa shape index (κ3) is 8.65. The molecule has 0 aromatic heterocycles. The number of aliphatic imine (C=N–C) groups is 1. The molecule has 1 aliphatic carbocycles. The standard InChI is InChI=1S/C20H33N3O3S.HI/c1-4-27(24)19-10-6-8-17(14-19)23-20(21-2)22-15-16-7-5-9-18(13-16)26-12-11-25-3;/h5,7,9,13,17,19H,4,6,8,10-12,14-15H2,1-3H3,(H2,21,22,23);1H. The summed E-state index contributed by atoms with van der Waals surface area (Å²) < 4.78 is 22.8. The zero-order valence-electron chi connectivity index (χ0n) is 17.1. The van der Waals surface area contributed by atoms with Crippen LogP contribution in [0.1, 0.15) is 38.2 Å². The Labute approximate surface area is 188 Å². The zero-order chi connectivity index (χ0) is 19.5. The molecule has 0 heterocycles. The molecule has 2 N–H and O–H groups in total. The fraction of sp³-hybridized carbons (Fsp3) is 0.650. The average molecular weight is 523 g/mol. The van der Waals surface area contributed by atoms with Crippen molar-refractivity contribution in [1.29, 1.82) is 0 Å². The molecule has 3 atom stereocenters. The first-order valence-corrected chi connectivity index (χ1v) is 11.1. The van der Waals surface area contributed by atoms with E-state index in [1.807, 2.05) is 25.1 Å². The number of hydrogen-bond acceptors (Lipinski definition) is 4.